The molecule has 144 valence electrons. The molecule has 1 amide bonds. The smallest absolute Gasteiger partial charge is 0.229 e. The summed E-state index contributed by atoms with van der Waals surface area (Å²) in [6.45, 7) is 0. The molecule has 0 atom stereocenters. The highest BCUT2D eigenvalue weighted by molar-refractivity contribution is 6.30. The van der Waals surface area contributed by atoms with Gasteiger partial charge in [-0.25, -0.2) is 0 Å². The first-order chi connectivity index (χ1) is 13.6. The van der Waals surface area contributed by atoms with Gasteiger partial charge in [0.15, 0.2) is 11.6 Å². The molecule has 0 aliphatic rings. The van der Waals surface area contributed by atoms with E-state index in [-0.39, 0.29) is 12.3 Å². The number of hydrogen-bond acceptors (Lipinski definition) is 6. The van der Waals surface area contributed by atoms with Crippen molar-refractivity contribution in [3.05, 3.63) is 65.2 Å². The number of carbonyl (C=O) groups excluding carboxylic acids is 1. The minimum absolute atomic E-state index is 0.186. The number of benzene rings is 2. The second-order valence-electron chi connectivity index (χ2n) is 5.85. The molecule has 8 heteroatoms. The third kappa shape index (κ3) is 5.11. The average molecular weight is 399 g/mol. The number of hydrogen-bond donors (Lipinski definition) is 2. The number of anilines is 3. The molecule has 2 aromatic carbocycles. The molecule has 1 heterocycles. The van der Waals surface area contributed by atoms with E-state index in [1.165, 1.54) is 0 Å². The van der Waals surface area contributed by atoms with Crippen molar-refractivity contribution < 1.29 is 14.3 Å². The van der Waals surface area contributed by atoms with Gasteiger partial charge < -0.3 is 20.1 Å². The Morgan fingerprint density at radius 3 is 2.32 bits per heavy atom. The van der Waals surface area contributed by atoms with E-state index in [0.717, 1.165) is 11.3 Å². The standard InChI is InChI=1S/C20H19ClN4O3/c1-27-15-7-8-16(17(12-15)28-2)22-18-9-10-19(25-24-18)23-20(26)11-13-3-5-14(21)6-4-13/h3-10,12H,11H2,1-2H3,(H,22,24)(H,23,25,26). The molecule has 0 aliphatic heterocycles. The zero-order chi connectivity index (χ0) is 19.9. The lowest BCUT2D eigenvalue weighted by Crippen LogP contribution is -2.15. The summed E-state index contributed by atoms with van der Waals surface area (Å²) in [5.41, 5.74) is 1.58. The molecule has 0 fully saturated rings. The van der Waals surface area contributed by atoms with Crippen LogP contribution in [0, 0.1) is 0 Å². The van der Waals surface area contributed by atoms with E-state index in [0.29, 0.717) is 28.2 Å². The molecule has 7 nitrogen and oxygen atoms in total. The molecule has 1 aromatic heterocycles. The predicted octanol–water partition coefficient (Wildman–Crippen LogP) is 4.07. The van der Waals surface area contributed by atoms with Crippen LogP contribution in [0.4, 0.5) is 17.3 Å². The largest absolute Gasteiger partial charge is 0.497 e. The minimum Gasteiger partial charge on any atom is -0.497 e. The van der Waals surface area contributed by atoms with Gasteiger partial charge in [0.1, 0.15) is 11.5 Å². The summed E-state index contributed by atoms with van der Waals surface area (Å²) in [5, 5.41) is 14.6. The Hall–Kier alpha value is -3.32. The Morgan fingerprint density at radius 2 is 1.68 bits per heavy atom. The minimum atomic E-state index is -0.186. The summed E-state index contributed by atoms with van der Waals surface area (Å²) >= 11 is 5.85. The van der Waals surface area contributed by atoms with Crippen LogP contribution in [0.25, 0.3) is 0 Å². The van der Waals surface area contributed by atoms with Crippen molar-refractivity contribution in [2.75, 3.05) is 24.9 Å². The Balaban J connectivity index is 1.62. The van der Waals surface area contributed by atoms with Gasteiger partial charge in [-0.1, -0.05) is 23.7 Å². The van der Waals surface area contributed by atoms with Gasteiger partial charge >= 0.3 is 0 Å². The summed E-state index contributed by atoms with van der Waals surface area (Å²) in [4.78, 5) is 12.1. The van der Waals surface area contributed by atoms with E-state index in [1.54, 1.807) is 44.6 Å². The quantitative estimate of drug-likeness (QED) is 0.624. The third-order valence-corrected chi connectivity index (χ3v) is 4.13. The molecule has 2 N–H and O–H groups in total. The maximum Gasteiger partial charge on any atom is 0.229 e. The fourth-order valence-corrected chi connectivity index (χ4v) is 2.61. The van der Waals surface area contributed by atoms with Crippen LogP contribution in [0.3, 0.4) is 0 Å². The van der Waals surface area contributed by atoms with E-state index in [9.17, 15) is 4.79 Å². The highest BCUT2D eigenvalue weighted by Crippen LogP contribution is 2.30. The molecule has 3 rings (SSSR count). The van der Waals surface area contributed by atoms with Gasteiger partial charge in [-0.15, -0.1) is 10.2 Å². The lowest BCUT2D eigenvalue weighted by atomic mass is 10.1. The normalized spacial score (nSPS) is 10.2. The van der Waals surface area contributed by atoms with Crippen molar-refractivity contribution in [2.45, 2.75) is 6.42 Å². The lowest BCUT2D eigenvalue weighted by molar-refractivity contribution is -0.115. The summed E-state index contributed by atoms with van der Waals surface area (Å²) in [7, 11) is 3.16. The molecular weight excluding hydrogens is 380 g/mol. The summed E-state index contributed by atoms with van der Waals surface area (Å²) in [6, 6.07) is 15.9. The van der Waals surface area contributed by atoms with Crippen molar-refractivity contribution in [1.82, 2.24) is 10.2 Å². The first kappa shape index (κ1) is 19.4. The van der Waals surface area contributed by atoms with E-state index >= 15 is 0 Å². The van der Waals surface area contributed by atoms with Gasteiger partial charge in [0.25, 0.3) is 0 Å². The second-order valence-corrected chi connectivity index (χ2v) is 6.28. The van der Waals surface area contributed by atoms with Crippen LogP contribution in [-0.4, -0.2) is 30.3 Å². The zero-order valence-corrected chi connectivity index (χ0v) is 16.2. The number of carbonyl (C=O) groups is 1. The summed E-state index contributed by atoms with van der Waals surface area (Å²) in [6.07, 6.45) is 0.224. The fraction of sp³-hybridized carbons (Fsp3) is 0.150. The number of ether oxygens (including phenoxy) is 2. The molecule has 0 saturated heterocycles. The van der Waals surface area contributed by atoms with Crippen LogP contribution >= 0.6 is 11.6 Å². The average Bonchev–Trinajstić information content (AvgIpc) is 2.71. The number of amides is 1. The van der Waals surface area contributed by atoms with Crippen LogP contribution in [-0.2, 0) is 11.2 Å². The van der Waals surface area contributed by atoms with Crippen molar-refractivity contribution >= 4 is 34.8 Å². The van der Waals surface area contributed by atoms with Gasteiger partial charge in [-0.05, 0) is 42.0 Å². The predicted molar refractivity (Wildman–Crippen MR) is 109 cm³/mol. The van der Waals surface area contributed by atoms with Gasteiger partial charge in [0, 0.05) is 11.1 Å². The van der Waals surface area contributed by atoms with Crippen LogP contribution < -0.4 is 20.1 Å². The highest BCUT2D eigenvalue weighted by Gasteiger charge is 2.08. The van der Waals surface area contributed by atoms with Gasteiger partial charge in [0.05, 0.1) is 26.3 Å². The second kappa shape index (κ2) is 9.05. The number of aromatic nitrogens is 2. The number of rotatable bonds is 7. The van der Waals surface area contributed by atoms with Crippen molar-refractivity contribution in [1.29, 1.82) is 0 Å². The van der Waals surface area contributed by atoms with Gasteiger partial charge in [-0.3, -0.25) is 4.79 Å². The number of nitrogens with one attached hydrogen (secondary N) is 2. The molecule has 0 saturated carbocycles. The molecule has 0 radical (unpaired) electrons. The summed E-state index contributed by atoms with van der Waals surface area (Å²) in [5.74, 6) is 1.99. The van der Waals surface area contributed by atoms with Crippen LogP contribution in [0.1, 0.15) is 5.56 Å². The molecule has 0 aliphatic carbocycles. The van der Waals surface area contributed by atoms with E-state index in [2.05, 4.69) is 20.8 Å². The van der Waals surface area contributed by atoms with Crippen LogP contribution in [0.5, 0.6) is 11.5 Å². The molecule has 3 aromatic rings. The van der Waals surface area contributed by atoms with E-state index in [4.69, 9.17) is 21.1 Å². The zero-order valence-electron chi connectivity index (χ0n) is 15.4. The van der Waals surface area contributed by atoms with Crippen molar-refractivity contribution in [3.63, 3.8) is 0 Å². The van der Waals surface area contributed by atoms with Gasteiger partial charge in [-0.2, -0.15) is 0 Å². The SMILES string of the molecule is COc1ccc(Nc2ccc(NC(=O)Cc3ccc(Cl)cc3)nn2)c(OC)c1. The molecule has 28 heavy (non-hydrogen) atoms. The molecule has 0 spiro atoms. The maximum atomic E-state index is 12.1. The third-order valence-electron chi connectivity index (χ3n) is 3.88. The Kier molecular flexibility index (Phi) is 6.29. The van der Waals surface area contributed by atoms with Crippen molar-refractivity contribution in [3.8, 4) is 11.5 Å². The van der Waals surface area contributed by atoms with Crippen LogP contribution in [0.15, 0.2) is 54.6 Å². The van der Waals surface area contributed by atoms with Gasteiger partial charge in [0.2, 0.25) is 5.91 Å². The topological polar surface area (TPSA) is 85.4 Å². The highest BCUT2D eigenvalue weighted by atomic mass is 35.5. The number of methoxy groups -OCH3 is 2. The molecule has 0 unspecified atom stereocenters. The Labute approximate surface area is 167 Å². The first-order valence-electron chi connectivity index (χ1n) is 8.44. The first-order valence-corrected chi connectivity index (χ1v) is 8.82. The lowest BCUT2D eigenvalue weighted by Gasteiger charge is -2.12. The maximum absolute atomic E-state index is 12.1. The molecule has 0 bridgehead atoms. The fourth-order valence-electron chi connectivity index (χ4n) is 2.48. The van der Waals surface area contributed by atoms with Crippen LogP contribution in [0.2, 0.25) is 5.02 Å². The molecular formula is C20H19ClN4O3. The number of nitrogens with zero attached hydrogens (tertiary/aromatic N) is 2. The van der Waals surface area contributed by atoms with E-state index < -0.39 is 0 Å². The summed E-state index contributed by atoms with van der Waals surface area (Å²) < 4.78 is 10.5. The number of halogens is 1. The Bertz CT molecular complexity index is 947. The van der Waals surface area contributed by atoms with Crippen molar-refractivity contribution in [2.24, 2.45) is 0 Å². The van der Waals surface area contributed by atoms with E-state index in [1.807, 2.05) is 24.3 Å². The Morgan fingerprint density at radius 1 is 0.964 bits per heavy atom. The monoisotopic (exact) mass is 398 g/mol.